The number of aromatic nitrogens is 2. The van der Waals surface area contributed by atoms with Gasteiger partial charge in [-0.15, -0.1) is 11.8 Å². The number of oxazole rings is 1. The monoisotopic (exact) mass is 996 g/mol. The van der Waals surface area contributed by atoms with Crippen LogP contribution in [0.3, 0.4) is 0 Å². The molecule has 15 heteroatoms. The molecule has 9 rings (SSSR count). The Hall–Kier alpha value is -6.03. The number of amides is 2. The number of nitrogens with one attached hydrogen (secondary N) is 2. The minimum absolute atomic E-state index is 0.0312. The molecule has 13 nitrogen and oxygen atoms in total. The number of allylic oxidation sites excluding steroid dienone is 2. The molecule has 1 saturated heterocycles. The summed E-state index contributed by atoms with van der Waals surface area (Å²) in [7, 11) is 0. The molecule has 71 heavy (non-hydrogen) atoms. The number of nitrogens with zero attached hydrogens (tertiary/aromatic N) is 5. The number of likely N-dealkylation sites (tertiary alicyclic amines) is 1. The highest BCUT2D eigenvalue weighted by atomic mass is 32.2. The lowest BCUT2D eigenvalue weighted by Crippen LogP contribution is -2.49. The first kappa shape index (κ1) is 49.9. The molecule has 0 atom stereocenters. The second kappa shape index (κ2) is 19.2. The van der Waals surface area contributed by atoms with Crippen LogP contribution >= 0.6 is 23.1 Å². The molecular weight excluding hydrogens is 931 g/mol. The van der Waals surface area contributed by atoms with Crippen molar-refractivity contribution in [1.82, 2.24) is 24.8 Å². The van der Waals surface area contributed by atoms with Crippen LogP contribution in [0.4, 0.5) is 10.8 Å². The number of anilines is 2. The highest BCUT2D eigenvalue weighted by molar-refractivity contribution is 8.00. The Morgan fingerprint density at radius 3 is 2.35 bits per heavy atom. The minimum Gasteiger partial charge on any atom is -0.478 e. The predicted molar refractivity (Wildman–Crippen MR) is 284 cm³/mol. The van der Waals surface area contributed by atoms with Gasteiger partial charge in [0.05, 0.1) is 39.5 Å². The maximum absolute atomic E-state index is 14.1. The van der Waals surface area contributed by atoms with Crippen LogP contribution < -0.4 is 35.4 Å². The first-order chi connectivity index (χ1) is 33.6. The number of carboxylic acids is 1. The van der Waals surface area contributed by atoms with Gasteiger partial charge in [-0.05, 0) is 121 Å². The second-order valence-corrected chi connectivity index (χ2v) is 23.5. The summed E-state index contributed by atoms with van der Waals surface area (Å²) in [5.74, 6) is 1.80. The molecule has 2 aromatic heterocycles. The zero-order valence-corrected chi connectivity index (χ0v) is 44.5. The van der Waals surface area contributed by atoms with Gasteiger partial charge in [0.15, 0.2) is 10.7 Å². The highest BCUT2D eigenvalue weighted by Crippen LogP contribution is 2.47. The predicted octanol–water partition coefficient (Wildman–Crippen LogP) is 9.58. The van der Waals surface area contributed by atoms with E-state index in [1.807, 2.05) is 0 Å². The number of thiazole rings is 1. The Morgan fingerprint density at radius 1 is 0.915 bits per heavy atom. The van der Waals surface area contributed by atoms with Gasteiger partial charge in [0.1, 0.15) is 23.8 Å². The highest BCUT2D eigenvalue weighted by Gasteiger charge is 2.37. The quantitative estimate of drug-likeness (QED) is 0.0749. The molecule has 4 aliphatic heterocycles. The van der Waals surface area contributed by atoms with Gasteiger partial charge in [-0.1, -0.05) is 38.2 Å². The van der Waals surface area contributed by atoms with Crippen LogP contribution in [-0.2, 0) is 16.0 Å². The standard InChI is InChI=1S/C56H65N7O6S2/c1-12-62-42-25-44-40(23-37(42)32(3)27-55(62,8)9)49(41-24-38-33(4)28-56(10,11)63(13-2)43(38)26-45(41)68-44)39-22-35(14-15-36(39)52(66)67)50(64)57-18-21-61-19-16-34(17-20-61)51(65)60-53-59-30-48(71-53)70-31-47-58-29-46(69-47)54(5,6)7/h14-15,22-30,34H,12-13,16-21,31H2,1-11H3,(H2-,57,59,60,64,65,66,67)/p+1. The van der Waals surface area contributed by atoms with Crippen LogP contribution in [0, 0.1) is 5.92 Å². The lowest BCUT2D eigenvalue weighted by Gasteiger charge is -2.43. The summed E-state index contributed by atoms with van der Waals surface area (Å²) in [6, 6.07) is 13.4. The van der Waals surface area contributed by atoms with Gasteiger partial charge in [0.2, 0.25) is 17.2 Å². The molecule has 0 bridgehead atoms. The number of rotatable bonds is 13. The largest absolute Gasteiger partial charge is 0.478 e. The average Bonchev–Trinajstić information content (AvgIpc) is 3.99. The molecule has 0 aliphatic carbocycles. The SMILES string of the molecule is CCN1c2cc3c(cc2C(C)=CC1(C)C)C(c1cc(C(=O)NCCN2CCC(C(=O)Nc4ncc(SCc5ncc(C(C)(C)C)o5)s4)CC2)ccc1C(=O)O)=c1cc2c(cc1O3)=[N+](CC)C(C)(C)C=C2C. The Kier molecular flexibility index (Phi) is 13.5. The molecule has 4 aliphatic rings. The minimum atomic E-state index is -1.09. The zero-order valence-electron chi connectivity index (χ0n) is 42.8. The number of carbonyl (C=O) groups excluding carboxylic acids is 2. The maximum Gasteiger partial charge on any atom is 0.336 e. The molecule has 0 saturated carbocycles. The third kappa shape index (κ3) is 9.84. The Balaban J connectivity index is 0.929. The zero-order chi connectivity index (χ0) is 50.7. The van der Waals surface area contributed by atoms with Crippen molar-refractivity contribution < 1.29 is 28.6 Å². The number of hydrogen-bond donors (Lipinski definition) is 3. The molecule has 0 spiro atoms. The van der Waals surface area contributed by atoms with E-state index in [4.69, 9.17) is 9.15 Å². The van der Waals surface area contributed by atoms with Gasteiger partial charge < -0.3 is 34.7 Å². The van der Waals surface area contributed by atoms with Crippen molar-refractivity contribution in [2.45, 2.75) is 115 Å². The Labute approximate surface area is 424 Å². The smallest absolute Gasteiger partial charge is 0.336 e. The average molecular weight is 997 g/mol. The van der Waals surface area contributed by atoms with Gasteiger partial charge in [-0.25, -0.2) is 19.3 Å². The number of carboxylic acid groups (broad SMARTS) is 1. The molecular formula is C56H66N7O6S2+. The van der Waals surface area contributed by atoms with Crippen LogP contribution in [0.1, 0.15) is 144 Å². The van der Waals surface area contributed by atoms with E-state index in [2.05, 4.69) is 148 Å². The van der Waals surface area contributed by atoms with Crippen molar-refractivity contribution >= 4 is 68.4 Å². The number of thioether (sulfide) groups is 1. The number of likely N-dealkylation sites (N-methyl/N-ethyl adjacent to an activating group) is 2. The number of piperidine rings is 1. The van der Waals surface area contributed by atoms with Crippen molar-refractivity contribution in [3.63, 3.8) is 0 Å². The van der Waals surface area contributed by atoms with Gasteiger partial charge in [0, 0.05) is 89.6 Å². The summed E-state index contributed by atoms with van der Waals surface area (Å²) in [5.41, 5.74) is 7.22. The molecule has 3 N–H and O–H groups in total. The van der Waals surface area contributed by atoms with Crippen LogP contribution in [0.15, 0.2) is 75.6 Å². The van der Waals surface area contributed by atoms with E-state index >= 15 is 0 Å². The number of carbonyl (C=O) groups is 3. The van der Waals surface area contributed by atoms with Crippen molar-refractivity contribution in [3.8, 4) is 11.5 Å². The Bertz CT molecular complexity index is 3170. The van der Waals surface area contributed by atoms with E-state index in [-0.39, 0.29) is 39.8 Å². The summed E-state index contributed by atoms with van der Waals surface area (Å²) >= 11 is 3.02. The Morgan fingerprint density at radius 2 is 1.66 bits per heavy atom. The third-order valence-corrected chi connectivity index (χ3v) is 16.4. The van der Waals surface area contributed by atoms with Crippen molar-refractivity contribution in [2.24, 2.45) is 5.92 Å². The summed E-state index contributed by atoms with van der Waals surface area (Å²) < 4.78 is 16.2. The van der Waals surface area contributed by atoms with E-state index in [1.165, 1.54) is 11.3 Å². The fraction of sp³-hybridized carbons (Fsp3) is 0.429. The summed E-state index contributed by atoms with van der Waals surface area (Å²) in [6.45, 7) is 27.7. The summed E-state index contributed by atoms with van der Waals surface area (Å²) in [4.78, 5) is 54.1. The number of benzene rings is 3. The van der Waals surface area contributed by atoms with Crippen LogP contribution in [0.2, 0.25) is 0 Å². The number of hydrogen-bond acceptors (Lipinski definition) is 11. The summed E-state index contributed by atoms with van der Waals surface area (Å²) in [5, 5.41) is 19.3. The molecule has 2 amide bonds. The lowest BCUT2D eigenvalue weighted by molar-refractivity contribution is -0.121. The summed E-state index contributed by atoms with van der Waals surface area (Å²) in [6.07, 6.45) is 9.51. The van der Waals surface area contributed by atoms with Gasteiger partial charge in [-0.3, -0.25) is 9.59 Å². The first-order valence-corrected chi connectivity index (χ1v) is 26.6. The number of ether oxygens (including phenoxy) is 1. The van der Waals surface area contributed by atoms with Crippen molar-refractivity contribution in [1.29, 1.82) is 0 Å². The van der Waals surface area contributed by atoms with E-state index in [9.17, 15) is 19.5 Å². The van der Waals surface area contributed by atoms with E-state index in [0.717, 1.165) is 67.2 Å². The van der Waals surface area contributed by atoms with Crippen molar-refractivity contribution in [2.75, 3.05) is 49.5 Å². The number of fused-ring (bicyclic) bond motifs is 4. The number of aromatic carboxylic acids is 1. The fourth-order valence-corrected chi connectivity index (χ4v) is 12.6. The molecule has 5 aromatic rings. The lowest BCUT2D eigenvalue weighted by atomic mass is 9.83. The van der Waals surface area contributed by atoms with Gasteiger partial charge in [-0.2, -0.15) is 0 Å². The van der Waals surface area contributed by atoms with Gasteiger partial charge in [0.25, 0.3) is 5.91 Å². The van der Waals surface area contributed by atoms with E-state index in [1.54, 1.807) is 42.4 Å². The van der Waals surface area contributed by atoms with Crippen LogP contribution in [0.5, 0.6) is 11.5 Å². The normalized spacial score (nSPS) is 17.3. The van der Waals surface area contributed by atoms with Gasteiger partial charge >= 0.3 is 5.97 Å². The molecule has 372 valence electrons. The second-order valence-electron chi connectivity index (χ2n) is 21.2. The molecule has 3 aromatic carbocycles. The van der Waals surface area contributed by atoms with Crippen LogP contribution in [0.25, 0.3) is 16.7 Å². The molecule has 6 heterocycles. The topological polar surface area (TPSA) is 153 Å². The van der Waals surface area contributed by atoms with E-state index < -0.39 is 5.97 Å². The molecule has 0 radical (unpaired) electrons. The molecule has 1 fully saturated rings. The first-order valence-electron chi connectivity index (χ1n) is 24.7. The molecule has 0 unspecified atom stereocenters. The fourth-order valence-electron chi connectivity index (χ4n) is 10.9. The maximum atomic E-state index is 14.1. The van der Waals surface area contributed by atoms with E-state index in [0.29, 0.717) is 84.0 Å². The third-order valence-electron chi connectivity index (χ3n) is 14.3. The van der Waals surface area contributed by atoms with Crippen molar-refractivity contribution in [3.05, 3.63) is 123 Å². The van der Waals surface area contributed by atoms with Crippen LogP contribution in [-0.4, -0.2) is 88.1 Å².